The molecule has 0 radical (unpaired) electrons. The SMILES string of the molecule is CC(C)[C@@H](CO)Nc1ccncc1[N+](=O)[O-]. The van der Waals surface area contributed by atoms with Crippen LogP contribution in [0, 0.1) is 16.0 Å². The maximum atomic E-state index is 10.7. The summed E-state index contributed by atoms with van der Waals surface area (Å²) >= 11 is 0. The van der Waals surface area contributed by atoms with Crippen molar-refractivity contribution in [3.05, 3.63) is 28.6 Å². The van der Waals surface area contributed by atoms with Gasteiger partial charge in [0.05, 0.1) is 17.6 Å². The summed E-state index contributed by atoms with van der Waals surface area (Å²) in [5.41, 5.74) is 0.300. The van der Waals surface area contributed by atoms with Crippen LogP contribution in [-0.2, 0) is 0 Å². The Morgan fingerprint density at radius 2 is 2.31 bits per heavy atom. The van der Waals surface area contributed by atoms with Gasteiger partial charge in [0.15, 0.2) is 0 Å². The molecule has 0 saturated carbocycles. The second-order valence-corrected chi connectivity index (χ2v) is 3.83. The molecule has 1 aromatic heterocycles. The van der Waals surface area contributed by atoms with Gasteiger partial charge in [0, 0.05) is 6.20 Å². The van der Waals surface area contributed by atoms with Crippen LogP contribution in [0.5, 0.6) is 0 Å². The molecule has 2 N–H and O–H groups in total. The monoisotopic (exact) mass is 225 g/mol. The van der Waals surface area contributed by atoms with E-state index in [2.05, 4.69) is 10.3 Å². The molecule has 0 saturated heterocycles. The minimum Gasteiger partial charge on any atom is -0.394 e. The Hall–Kier alpha value is -1.69. The molecular formula is C10H15N3O3. The van der Waals surface area contributed by atoms with E-state index in [1.54, 1.807) is 0 Å². The van der Waals surface area contributed by atoms with Crippen LogP contribution < -0.4 is 5.32 Å². The van der Waals surface area contributed by atoms with Crippen molar-refractivity contribution in [2.75, 3.05) is 11.9 Å². The van der Waals surface area contributed by atoms with Crippen molar-refractivity contribution in [1.29, 1.82) is 0 Å². The van der Waals surface area contributed by atoms with Crippen molar-refractivity contribution in [1.82, 2.24) is 4.98 Å². The summed E-state index contributed by atoms with van der Waals surface area (Å²) in [5, 5.41) is 22.8. The Balaban J connectivity index is 2.91. The van der Waals surface area contributed by atoms with Gasteiger partial charge in [-0.15, -0.1) is 0 Å². The van der Waals surface area contributed by atoms with Gasteiger partial charge in [-0.25, -0.2) is 0 Å². The molecule has 0 aromatic carbocycles. The lowest BCUT2D eigenvalue weighted by atomic mass is 10.1. The highest BCUT2D eigenvalue weighted by Gasteiger charge is 2.18. The van der Waals surface area contributed by atoms with Gasteiger partial charge in [0.2, 0.25) is 0 Å². The summed E-state index contributed by atoms with van der Waals surface area (Å²) in [6.45, 7) is 3.79. The third-order valence-corrected chi connectivity index (χ3v) is 2.34. The van der Waals surface area contributed by atoms with E-state index < -0.39 is 4.92 Å². The first kappa shape index (κ1) is 12.4. The number of nitrogens with zero attached hydrogens (tertiary/aromatic N) is 2. The number of hydrogen-bond donors (Lipinski definition) is 2. The lowest BCUT2D eigenvalue weighted by Gasteiger charge is -2.20. The van der Waals surface area contributed by atoms with Crippen molar-refractivity contribution in [3.8, 4) is 0 Å². The van der Waals surface area contributed by atoms with Crippen LogP contribution in [0.25, 0.3) is 0 Å². The summed E-state index contributed by atoms with van der Waals surface area (Å²) in [5.74, 6) is 0.178. The van der Waals surface area contributed by atoms with Gasteiger partial charge in [-0.3, -0.25) is 15.1 Å². The maximum absolute atomic E-state index is 10.7. The van der Waals surface area contributed by atoms with Gasteiger partial charge >= 0.3 is 5.69 Å². The van der Waals surface area contributed by atoms with Crippen molar-refractivity contribution in [3.63, 3.8) is 0 Å². The van der Waals surface area contributed by atoms with Gasteiger partial charge in [0.1, 0.15) is 11.9 Å². The number of nitro groups is 1. The highest BCUT2D eigenvalue weighted by molar-refractivity contribution is 5.60. The topological polar surface area (TPSA) is 88.3 Å². The molecule has 0 spiro atoms. The lowest BCUT2D eigenvalue weighted by molar-refractivity contribution is -0.384. The second kappa shape index (κ2) is 5.41. The number of pyridine rings is 1. The largest absolute Gasteiger partial charge is 0.394 e. The number of anilines is 1. The fourth-order valence-electron chi connectivity index (χ4n) is 1.28. The first-order chi connectivity index (χ1) is 7.56. The van der Waals surface area contributed by atoms with Crippen LogP contribution >= 0.6 is 0 Å². The zero-order valence-electron chi connectivity index (χ0n) is 9.25. The van der Waals surface area contributed by atoms with Gasteiger partial charge in [-0.2, -0.15) is 0 Å². The number of hydrogen-bond acceptors (Lipinski definition) is 5. The molecule has 0 unspecified atom stereocenters. The quantitative estimate of drug-likeness (QED) is 0.584. The Morgan fingerprint density at radius 3 is 2.81 bits per heavy atom. The number of nitrogens with one attached hydrogen (secondary N) is 1. The van der Waals surface area contributed by atoms with Gasteiger partial charge in [-0.1, -0.05) is 13.8 Å². The highest BCUT2D eigenvalue weighted by Crippen LogP contribution is 2.23. The maximum Gasteiger partial charge on any atom is 0.310 e. The van der Waals surface area contributed by atoms with Crippen LogP contribution in [-0.4, -0.2) is 27.7 Å². The van der Waals surface area contributed by atoms with Crippen LogP contribution in [0.1, 0.15) is 13.8 Å². The first-order valence-corrected chi connectivity index (χ1v) is 5.02. The minimum atomic E-state index is -0.496. The summed E-state index contributed by atoms with van der Waals surface area (Å²) < 4.78 is 0. The Kier molecular flexibility index (Phi) is 4.19. The average molecular weight is 225 g/mol. The second-order valence-electron chi connectivity index (χ2n) is 3.83. The molecule has 16 heavy (non-hydrogen) atoms. The standard InChI is InChI=1S/C10H15N3O3/c1-7(2)9(6-14)12-8-3-4-11-5-10(8)13(15)16/h3-5,7,9,14H,6H2,1-2H3,(H,11,12)/t9-/m1/s1. The average Bonchev–Trinajstić information content (AvgIpc) is 2.25. The predicted molar refractivity (Wildman–Crippen MR) is 60.2 cm³/mol. The van der Waals surface area contributed by atoms with E-state index >= 15 is 0 Å². The van der Waals surface area contributed by atoms with E-state index in [4.69, 9.17) is 5.11 Å². The van der Waals surface area contributed by atoms with Crippen molar-refractivity contribution >= 4 is 11.4 Å². The van der Waals surface area contributed by atoms with E-state index in [0.717, 1.165) is 0 Å². The van der Waals surface area contributed by atoms with E-state index in [9.17, 15) is 10.1 Å². The summed E-state index contributed by atoms with van der Waals surface area (Å²) in [6, 6.07) is 1.32. The van der Waals surface area contributed by atoms with Crippen molar-refractivity contribution < 1.29 is 10.0 Å². The fraction of sp³-hybridized carbons (Fsp3) is 0.500. The molecule has 0 amide bonds. The fourth-order valence-corrected chi connectivity index (χ4v) is 1.28. The van der Waals surface area contributed by atoms with E-state index in [1.165, 1.54) is 18.5 Å². The number of aromatic nitrogens is 1. The van der Waals surface area contributed by atoms with Gasteiger partial charge < -0.3 is 10.4 Å². The van der Waals surface area contributed by atoms with Crippen LogP contribution in [0.2, 0.25) is 0 Å². The molecule has 6 heteroatoms. The zero-order chi connectivity index (χ0) is 12.1. The molecule has 1 atom stereocenters. The zero-order valence-corrected chi connectivity index (χ0v) is 9.25. The van der Waals surface area contributed by atoms with Crippen molar-refractivity contribution in [2.45, 2.75) is 19.9 Å². The normalized spacial score (nSPS) is 12.5. The molecule has 0 aliphatic heterocycles. The van der Waals surface area contributed by atoms with E-state index in [0.29, 0.717) is 5.69 Å². The number of aliphatic hydroxyl groups excluding tert-OH is 1. The highest BCUT2D eigenvalue weighted by atomic mass is 16.6. The van der Waals surface area contributed by atoms with Gasteiger partial charge in [-0.05, 0) is 12.0 Å². The molecule has 0 aliphatic rings. The molecule has 1 rings (SSSR count). The summed E-state index contributed by atoms with van der Waals surface area (Å²) in [4.78, 5) is 13.9. The Morgan fingerprint density at radius 1 is 1.62 bits per heavy atom. The minimum absolute atomic E-state index is 0.0723. The Labute approximate surface area is 93.5 Å². The van der Waals surface area contributed by atoms with E-state index in [1.807, 2.05) is 13.8 Å². The van der Waals surface area contributed by atoms with Crippen LogP contribution in [0.15, 0.2) is 18.5 Å². The molecule has 1 heterocycles. The van der Waals surface area contributed by atoms with Crippen LogP contribution in [0.3, 0.4) is 0 Å². The Bertz CT molecular complexity index is 368. The number of aliphatic hydroxyl groups is 1. The van der Waals surface area contributed by atoms with Gasteiger partial charge in [0.25, 0.3) is 0 Å². The predicted octanol–water partition coefficient (Wildman–Crippen LogP) is 1.42. The molecular weight excluding hydrogens is 210 g/mol. The molecule has 0 aliphatic carbocycles. The smallest absolute Gasteiger partial charge is 0.310 e. The molecule has 1 aromatic rings. The summed E-state index contributed by atoms with van der Waals surface area (Å²) in [7, 11) is 0. The molecule has 0 bridgehead atoms. The molecule has 6 nitrogen and oxygen atoms in total. The van der Waals surface area contributed by atoms with Crippen molar-refractivity contribution in [2.24, 2.45) is 5.92 Å². The summed E-state index contributed by atoms with van der Waals surface area (Å²) in [6.07, 6.45) is 2.67. The number of rotatable bonds is 5. The molecule has 0 fully saturated rings. The lowest BCUT2D eigenvalue weighted by Crippen LogP contribution is -2.29. The van der Waals surface area contributed by atoms with E-state index in [-0.39, 0.29) is 24.3 Å². The first-order valence-electron chi connectivity index (χ1n) is 5.02. The molecule has 88 valence electrons. The third kappa shape index (κ3) is 2.90. The third-order valence-electron chi connectivity index (χ3n) is 2.34. The van der Waals surface area contributed by atoms with Crippen LogP contribution in [0.4, 0.5) is 11.4 Å².